The van der Waals surface area contributed by atoms with E-state index in [9.17, 15) is 4.79 Å². The Kier molecular flexibility index (Phi) is 5.73. The summed E-state index contributed by atoms with van der Waals surface area (Å²) in [6, 6.07) is 1.89. The third-order valence-electron chi connectivity index (χ3n) is 4.05. The van der Waals surface area contributed by atoms with E-state index < -0.39 is 0 Å². The van der Waals surface area contributed by atoms with Crippen LogP contribution < -0.4 is 5.32 Å². The van der Waals surface area contributed by atoms with E-state index in [4.69, 9.17) is 0 Å². The van der Waals surface area contributed by atoms with Crippen LogP contribution in [-0.2, 0) is 13.0 Å². The molecule has 0 aliphatic heterocycles. The number of amides is 2. The Labute approximate surface area is 137 Å². The van der Waals surface area contributed by atoms with Crippen LogP contribution in [0.1, 0.15) is 34.5 Å². The number of nitrogens with zero attached hydrogens (tertiary/aromatic N) is 3. The number of nitrogens with one attached hydrogen (secondary N) is 2. The van der Waals surface area contributed by atoms with Crippen molar-refractivity contribution in [1.29, 1.82) is 0 Å². The summed E-state index contributed by atoms with van der Waals surface area (Å²) in [6.45, 7) is 7.27. The van der Waals surface area contributed by atoms with Crippen molar-refractivity contribution in [2.45, 2.75) is 40.2 Å². The van der Waals surface area contributed by atoms with E-state index in [-0.39, 0.29) is 6.03 Å². The van der Waals surface area contributed by atoms with E-state index >= 15 is 0 Å². The average molecular weight is 315 g/mol. The van der Waals surface area contributed by atoms with Gasteiger partial charge < -0.3 is 10.2 Å². The number of carbonyl (C=O) groups is 1. The fourth-order valence-electron chi connectivity index (χ4n) is 2.54. The van der Waals surface area contributed by atoms with E-state index in [1.807, 2.05) is 33.0 Å². The maximum atomic E-state index is 12.1. The minimum Gasteiger partial charge on any atom is -0.338 e. The first-order chi connectivity index (χ1) is 11.0. The van der Waals surface area contributed by atoms with Crippen LogP contribution in [0.4, 0.5) is 4.79 Å². The van der Waals surface area contributed by atoms with Crippen molar-refractivity contribution in [3.63, 3.8) is 0 Å². The van der Waals surface area contributed by atoms with Gasteiger partial charge in [-0.1, -0.05) is 0 Å². The van der Waals surface area contributed by atoms with Gasteiger partial charge in [-0.05, 0) is 56.4 Å². The standard InChI is InChI=1S/C17H25N5O/c1-12-10-18-9-7-15(12)11-22(4)17(23)19-8-5-6-16-13(2)20-21-14(16)3/h7,9-10H,5-6,8,11H2,1-4H3,(H,19,23)(H,20,21). The lowest BCUT2D eigenvalue weighted by atomic mass is 10.1. The van der Waals surface area contributed by atoms with E-state index in [2.05, 4.69) is 20.5 Å². The number of H-pyrrole nitrogens is 1. The first-order valence-corrected chi connectivity index (χ1v) is 7.88. The minimum absolute atomic E-state index is 0.0538. The lowest BCUT2D eigenvalue weighted by molar-refractivity contribution is 0.206. The highest BCUT2D eigenvalue weighted by Crippen LogP contribution is 2.11. The fraction of sp³-hybridized carbons (Fsp3) is 0.471. The number of aromatic amines is 1. The lowest BCUT2D eigenvalue weighted by Gasteiger charge is -2.19. The molecule has 2 aromatic rings. The van der Waals surface area contributed by atoms with Gasteiger partial charge in [0.2, 0.25) is 0 Å². The zero-order valence-corrected chi connectivity index (χ0v) is 14.3. The van der Waals surface area contributed by atoms with Gasteiger partial charge in [-0.15, -0.1) is 0 Å². The van der Waals surface area contributed by atoms with Gasteiger partial charge in [0.1, 0.15) is 0 Å². The number of urea groups is 1. The largest absolute Gasteiger partial charge is 0.338 e. The third-order valence-corrected chi connectivity index (χ3v) is 4.05. The second-order valence-corrected chi connectivity index (χ2v) is 5.91. The summed E-state index contributed by atoms with van der Waals surface area (Å²) in [6.07, 6.45) is 5.39. The van der Waals surface area contributed by atoms with E-state index in [1.54, 1.807) is 18.1 Å². The molecule has 2 N–H and O–H groups in total. The van der Waals surface area contributed by atoms with Crippen molar-refractivity contribution in [2.24, 2.45) is 0 Å². The molecule has 6 heteroatoms. The lowest BCUT2D eigenvalue weighted by Crippen LogP contribution is -2.37. The zero-order chi connectivity index (χ0) is 16.8. The molecule has 0 unspecified atom stereocenters. The Morgan fingerprint density at radius 3 is 2.78 bits per heavy atom. The van der Waals surface area contributed by atoms with Crippen molar-refractivity contribution < 1.29 is 4.79 Å². The molecule has 0 saturated heterocycles. The van der Waals surface area contributed by atoms with E-state index in [0.29, 0.717) is 13.1 Å². The van der Waals surface area contributed by atoms with Crippen LogP contribution in [-0.4, -0.2) is 39.7 Å². The van der Waals surface area contributed by atoms with Gasteiger partial charge in [0.15, 0.2) is 0 Å². The molecule has 2 amide bonds. The van der Waals surface area contributed by atoms with Gasteiger partial charge >= 0.3 is 6.03 Å². The van der Waals surface area contributed by atoms with Crippen LogP contribution in [0.5, 0.6) is 0 Å². The van der Waals surface area contributed by atoms with Crippen LogP contribution in [0, 0.1) is 20.8 Å². The molecular formula is C17H25N5O. The molecule has 23 heavy (non-hydrogen) atoms. The van der Waals surface area contributed by atoms with Gasteiger partial charge in [0.25, 0.3) is 0 Å². The molecule has 0 bridgehead atoms. The molecule has 2 aromatic heterocycles. The highest BCUT2D eigenvalue weighted by atomic mass is 16.2. The predicted octanol–water partition coefficient (Wildman–Crippen LogP) is 2.50. The van der Waals surface area contributed by atoms with Crippen LogP contribution in [0.25, 0.3) is 0 Å². The normalized spacial score (nSPS) is 10.6. The summed E-state index contributed by atoms with van der Waals surface area (Å²) >= 11 is 0. The maximum Gasteiger partial charge on any atom is 0.317 e. The van der Waals surface area contributed by atoms with Gasteiger partial charge in [-0.2, -0.15) is 5.10 Å². The molecule has 2 heterocycles. The second-order valence-electron chi connectivity index (χ2n) is 5.91. The van der Waals surface area contributed by atoms with Crippen molar-refractivity contribution in [3.8, 4) is 0 Å². The van der Waals surface area contributed by atoms with Crippen molar-refractivity contribution >= 4 is 6.03 Å². The van der Waals surface area contributed by atoms with Crippen molar-refractivity contribution in [2.75, 3.05) is 13.6 Å². The molecule has 124 valence electrons. The Hall–Kier alpha value is -2.37. The quantitative estimate of drug-likeness (QED) is 0.804. The molecular weight excluding hydrogens is 290 g/mol. The molecule has 0 saturated carbocycles. The summed E-state index contributed by atoms with van der Waals surface area (Å²) in [5.41, 5.74) is 5.61. The fourth-order valence-corrected chi connectivity index (χ4v) is 2.54. The number of hydrogen-bond donors (Lipinski definition) is 2. The molecule has 0 aromatic carbocycles. The summed E-state index contributed by atoms with van der Waals surface area (Å²) < 4.78 is 0. The maximum absolute atomic E-state index is 12.1. The Balaban J connectivity index is 1.75. The van der Waals surface area contributed by atoms with Crippen molar-refractivity contribution in [1.82, 2.24) is 25.4 Å². The van der Waals surface area contributed by atoms with E-state index in [0.717, 1.165) is 35.4 Å². The second kappa shape index (κ2) is 7.76. The minimum atomic E-state index is -0.0538. The zero-order valence-electron chi connectivity index (χ0n) is 14.3. The van der Waals surface area contributed by atoms with Crippen LogP contribution in [0.2, 0.25) is 0 Å². The number of aryl methyl sites for hydroxylation is 3. The molecule has 0 fully saturated rings. The highest BCUT2D eigenvalue weighted by molar-refractivity contribution is 5.73. The van der Waals surface area contributed by atoms with E-state index in [1.165, 1.54) is 5.56 Å². The number of rotatable bonds is 6. The summed E-state index contributed by atoms with van der Waals surface area (Å²) in [7, 11) is 1.81. The summed E-state index contributed by atoms with van der Waals surface area (Å²) in [5.74, 6) is 0. The van der Waals surface area contributed by atoms with Crippen molar-refractivity contribution in [3.05, 3.63) is 46.5 Å². The molecule has 2 rings (SSSR count). The summed E-state index contributed by atoms with van der Waals surface area (Å²) in [4.78, 5) is 17.9. The Morgan fingerprint density at radius 2 is 2.13 bits per heavy atom. The number of carbonyl (C=O) groups excluding carboxylic acids is 1. The summed E-state index contributed by atoms with van der Waals surface area (Å²) in [5, 5.41) is 10.1. The predicted molar refractivity (Wildman–Crippen MR) is 90.2 cm³/mol. The molecule has 0 radical (unpaired) electrons. The van der Waals surface area contributed by atoms with Crippen LogP contribution >= 0.6 is 0 Å². The van der Waals surface area contributed by atoms with Gasteiger partial charge in [-0.25, -0.2) is 4.79 Å². The first-order valence-electron chi connectivity index (χ1n) is 7.88. The Morgan fingerprint density at radius 1 is 1.35 bits per heavy atom. The third kappa shape index (κ3) is 4.55. The molecule has 0 aliphatic rings. The molecule has 0 spiro atoms. The topological polar surface area (TPSA) is 73.9 Å². The van der Waals surface area contributed by atoms with Crippen LogP contribution in [0.15, 0.2) is 18.5 Å². The number of aromatic nitrogens is 3. The molecule has 0 aliphatic carbocycles. The smallest absolute Gasteiger partial charge is 0.317 e. The van der Waals surface area contributed by atoms with Crippen LogP contribution in [0.3, 0.4) is 0 Å². The monoisotopic (exact) mass is 315 g/mol. The molecule has 6 nitrogen and oxygen atoms in total. The molecule has 0 atom stereocenters. The van der Waals surface area contributed by atoms with Gasteiger partial charge in [0, 0.05) is 38.2 Å². The van der Waals surface area contributed by atoms with Gasteiger partial charge in [0.05, 0.1) is 5.69 Å². The number of hydrogen-bond acceptors (Lipinski definition) is 3. The Bertz CT molecular complexity index is 645. The average Bonchev–Trinajstić information content (AvgIpc) is 2.85. The highest BCUT2D eigenvalue weighted by Gasteiger charge is 2.10. The SMILES string of the molecule is Cc1cnccc1CN(C)C(=O)NCCCc1c(C)n[nH]c1C. The first kappa shape index (κ1) is 17.0. The van der Waals surface area contributed by atoms with Gasteiger partial charge in [-0.3, -0.25) is 10.1 Å². The number of pyridine rings is 1.